The lowest BCUT2D eigenvalue weighted by molar-refractivity contribution is -0.125. The fraction of sp³-hybridized carbons (Fsp3) is 0.619. The van der Waals surface area contributed by atoms with Crippen molar-refractivity contribution < 1.29 is 18.0 Å². The van der Waals surface area contributed by atoms with Crippen LogP contribution >= 0.6 is 11.8 Å². The van der Waals surface area contributed by atoms with Crippen molar-refractivity contribution in [2.45, 2.75) is 57.9 Å². The zero-order chi connectivity index (χ0) is 22.3. The Kier molecular flexibility index (Phi) is 9.18. The molecular weight excluding hydrogens is 422 g/mol. The Morgan fingerprint density at radius 3 is 2.50 bits per heavy atom. The van der Waals surface area contributed by atoms with Gasteiger partial charge < -0.3 is 5.32 Å². The summed E-state index contributed by atoms with van der Waals surface area (Å²) < 4.78 is 27.1. The quantitative estimate of drug-likeness (QED) is 0.519. The number of sulfonamides is 1. The number of benzene rings is 1. The fourth-order valence-corrected chi connectivity index (χ4v) is 6.00. The zero-order valence-electron chi connectivity index (χ0n) is 18.3. The summed E-state index contributed by atoms with van der Waals surface area (Å²) in [6, 6.07) is 4.12. The van der Waals surface area contributed by atoms with Crippen molar-refractivity contribution in [1.29, 1.82) is 0 Å². The SMILES string of the molecule is CCCSCCCNC(=O)C1Cc2cc(S(=O)(=O)N(CC)CC)ccc2N1C(C)=O. The smallest absolute Gasteiger partial charge is 0.243 e. The maximum Gasteiger partial charge on any atom is 0.243 e. The fourth-order valence-electron chi connectivity index (χ4n) is 3.65. The monoisotopic (exact) mass is 455 g/mol. The Bertz CT molecular complexity index is 854. The van der Waals surface area contributed by atoms with E-state index in [1.165, 1.54) is 22.2 Å². The number of hydrogen-bond acceptors (Lipinski definition) is 5. The lowest BCUT2D eigenvalue weighted by Gasteiger charge is -2.23. The average Bonchev–Trinajstić information content (AvgIpc) is 3.10. The minimum Gasteiger partial charge on any atom is -0.354 e. The van der Waals surface area contributed by atoms with Gasteiger partial charge in [-0.25, -0.2) is 8.42 Å². The van der Waals surface area contributed by atoms with Crippen LogP contribution in [-0.2, 0) is 26.0 Å². The molecule has 1 aromatic rings. The van der Waals surface area contributed by atoms with Gasteiger partial charge in [-0.05, 0) is 48.1 Å². The molecule has 0 bridgehead atoms. The third-order valence-electron chi connectivity index (χ3n) is 5.13. The molecule has 1 unspecified atom stereocenters. The number of hydrogen-bond donors (Lipinski definition) is 1. The minimum absolute atomic E-state index is 0.197. The number of anilines is 1. The maximum atomic E-state index is 12.8. The van der Waals surface area contributed by atoms with Gasteiger partial charge in [0.15, 0.2) is 0 Å². The van der Waals surface area contributed by atoms with Gasteiger partial charge in [0.05, 0.1) is 4.90 Å². The first-order valence-electron chi connectivity index (χ1n) is 10.6. The van der Waals surface area contributed by atoms with E-state index in [-0.39, 0.29) is 16.7 Å². The van der Waals surface area contributed by atoms with Gasteiger partial charge in [0.25, 0.3) is 0 Å². The average molecular weight is 456 g/mol. The van der Waals surface area contributed by atoms with Gasteiger partial charge >= 0.3 is 0 Å². The van der Waals surface area contributed by atoms with Crippen molar-refractivity contribution in [3.05, 3.63) is 23.8 Å². The summed E-state index contributed by atoms with van der Waals surface area (Å²) in [7, 11) is -3.60. The van der Waals surface area contributed by atoms with E-state index in [1.54, 1.807) is 26.0 Å². The van der Waals surface area contributed by atoms with Crippen LogP contribution in [0, 0.1) is 0 Å². The number of rotatable bonds is 11. The molecule has 0 saturated heterocycles. The summed E-state index contributed by atoms with van der Waals surface area (Å²) in [5.74, 6) is 1.67. The summed E-state index contributed by atoms with van der Waals surface area (Å²) in [4.78, 5) is 26.7. The van der Waals surface area contributed by atoms with Crippen LogP contribution in [0.5, 0.6) is 0 Å². The Morgan fingerprint density at radius 1 is 1.20 bits per heavy atom. The largest absolute Gasteiger partial charge is 0.354 e. The Hall–Kier alpha value is -1.58. The third-order valence-corrected chi connectivity index (χ3v) is 8.45. The van der Waals surface area contributed by atoms with E-state index in [4.69, 9.17) is 0 Å². The highest BCUT2D eigenvalue weighted by Gasteiger charge is 2.37. The normalized spacial score (nSPS) is 16.0. The van der Waals surface area contributed by atoms with Crippen molar-refractivity contribution in [2.75, 3.05) is 36.0 Å². The number of nitrogens with zero attached hydrogens (tertiary/aromatic N) is 2. The predicted molar refractivity (Wildman–Crippen MR) is 122 cm³/mol. The van der Waals surface area contributed by atoms with Gasteiger partial charge in [-0.15, -0.1) is 0 Å². The second-order valence-corrected chi connectivity index (χ2v) is 10.4. The Balaban J connectivity index is 2.16. The van der Waals surface area contributed by atoms with Crippen LogP contribution < -0.4 is 10.2 Å². The van der Waals surface area contributed by atoms with Gasteiger partial charge in [-0.2, -0.15) is 16.1 Å². The molecule has 1 aliphatic heterocycles. The lowest BCUT2D eigenvalue weighted by atomic mass is 10.1. The second-order valence-electron chi connectivity index (χ2n) is 7.25. The van der Waals surface area contributed by atoms with Crippen LogP contribution in [0.3, 0.4) is 0 Å². The summed E-state index contributed by atoms with van der Waals surface area (Å²) in [6.07, 6.45) is 2.33. The van der Waals surface area contributed by atoms with Crippen molar-refractivity contribution in [3.8, 4) is 0 Å². The molecule has 168 valence electrons. The molecule has 2 amide bonds. The molecule has 0 aliphatic carbocycles. The molecule has 1 aliphatic rings. The molecule has 0 fully saturated rings. The number of amides is 2. The summed E-state index contributed by atoms with van der Waals surface area (Å²) >= 11 is 1.87. The summed E-state index contributed by atoms with van der Waals surface area (Å²) in [5, 5.41) is 2.93. The van der Waals surface area contributed by atoms with Crippen LogP contribution in [0.15, 0.2) is 23.1 Å². The number of thioether (sulfide) groups is 1. The summed E-state index contributed by atoms with van der Waals surface area (Å²) in [6.45, 7) is 8.50. The predicted octanol–water partition coefficient (Wildman–Crippen LogP) is 2.64. The van der Waals surface area contributed by atoms with Crippen molar-refractivity contribution in [3.63, 3.8) is 0 Å². The van der Waals surface area contributed by atoms with Crippen LogP contribution in [0.4, 0.5) is 5.69 Å². The van der Waals surface area contributed by atoms with E-state index in [0.717, 1.165) is 24.3 Å². The number of carbonyl (C=O) groups is 2. The van der Waals surface area contributed by atoms with E-state index in [9.17, 15) is 18.0 Å². The van der Waals surface area contributed by atoms with E-state index in [2.05, 4.69) is 12.2 Å². The summed E-state index contributed by atoms with van der Waals surface area (Å²) in [5.41, 5.74) is 1.32. The highest BCUT2D eigenvalue weighted by Crippen LogP contribution is 2.34. The number of fused-ring (bicyclic) bond motifs is 1. The van der Waals surface area contributed by atoms with Gasteiger partial charge in [-0.1, -0.05) is 20.8 Å². The molecular formula is C21H33N3O4S2. The molecule has 1 heterocycles. The van der Waals surface area contributed by atoms with E-state index < -0.39 is 16.1 Å². The lowest BCUT2D eigenvalue weighted by Crippen LogP contribution is -2.47. The van der Waals surface area contributed by atoms with Crippen molar-refractivity contribution in [1.82, 2.24) is 9.62 Å². The molecule has 1 atom stereocenters. The molecule has 2 rings (SSSR count). The molecule has 0 spiro atoms. The van der Waals surface area contributed by atoms with Crippen LogP contribution in [0.1, 0.15) is 46.1 Å². The number of carbonyl (C=O) groups excluding carboxylic acids is 2. The molecule has 0 radical (unpaired) electrons. The first-order chi connectivity index (χ1) is 14.3. The first-order valence-corrected chi connectivity index (χ1v) is 13.2. The maximum absolute atomic E-state index is 12.8. The molecule has 1 aromatic carbocycles. The van der Waals surface area contributed by atoms with Crippen LogP contribution in [0.25, 0.3) is 0 Å². The van der Waals surface area contributed by atoms with E-state index >= 15 is 0 Å². The zero-order valence-corrected chi connectivity index (χ0v) is 19.9. The minimum atomic E-state index is -3.60. The Morgan fingerprint density at radius 2 is 1.90 bits per heavy atom. The van der Waals surface area contributed by atoms with Gasteiger partial charge in [0.2, 0.25) is 21.8 Å². The van der Waals surface area contributed by atoms with Crippen LogP contribution in [-0.4, -0.2) is 61.7 Å². The van der Waals surface area contributed by atoms with E-state index in [0.29, 0.717) is 37.3 Å². The highest BCUT2D eigenvalue weighted by molar-refractivity contribution is 7.99. The van der Waals surface area contributed by atoms with Gasteiger partial charge in [0.1, 0.15) is 6.04 Å². The first kappa shape index (κ1) is 24.7. The third kappa shape index (κ3) is 5.56. The molecule has 1 N–H and O–H groups in total. The molecule has 9 heteroatoms. The molecule has 7 nitrogen and oxygen atoms in total. The standard InChI is InChI=1S/C21H33N3O4S2/c1-5-12-29-13-8-11-22-21(26)20-15-17-14-18(30(27,28)23(6-2)7-3)9-10-19(17)24(20)16(4)25/h9-10,14,20H,5-8,11-13,15H2,1-4H3,(H,22,26). The van der Waals surface area contributed by atoms with Crippen LogP contribution in [0.2, 0.25) is 0 Å². The topological polar surface area (TPSA) is 86.8 Å². The van der Waals surface area contributed by atoms with Gasteiger partial charge in [0, 0.05) is 38.7 Å². The van der Waals surface area contributed by atoms with Gasteiger partial charge in [-0.3, -0.25) is 14.5 Å². The van der Waals surface area contributed by atoms with Crippen molar-refractivity contribution in [2.24, 2.45) is 0 Å². The Labute approximate surface area is 184 Å². The number of nitrogens with one attached hydrogen (secondary N) is 1. The molecule has 30 heavy (non-hydrogen) atoms. The highest BCUT2D eigenvalue weighted by atomic mass is 32.2. The molecule has 0 aromatic heterocycles. The molecule has 0 saturated carbocycles. The van der Waals surface area contributed by atoms with Crippen molar-refractivity contribution >= 4 is 39.3 Å². The van der Waals surface area contributed by atoms with E-state index in [1.807, 2.05) is 11.8 Å². The second kappa shape index (κ2) is 11.2.